The highest BCUT2D eigenvalue weighted by atomic mass is 32.2. The van der Waals surface area contributed by atoms with Crippen molar-refractivity contribution in [3.8, 4) is 22.8 Å². The van der Waals surface area contributed by atoms with Crippen molar-refractivity contribution in [1.82, 2.24) is 9.88 Å². The van der Waals surface area contributed by atoms with Gasteiger partial charge in [0.2, 0.25) is 0 Å². The van der Waals surface area contributed by atoms with E-state index in [-0.39, 0.29) is 27.9 Å². The van der Waals surface area contributed by atoms with Crippen LogP contribution in [-0.4, -0.2) is 40.2 Å². The summed E-state index contributed by atoms with van der Waals surface area (Å²) < 4.78 is 6.21. The lowest BCUT2D eigenvalue weighted by atomic mass is 9.96. The van der Waals surface area contributed by atoms with Gasteiger partial charge in [0.1, 0.15) is 27.7 Å². The van der Waals surface area contributed by atoms with E-state index in [9.17, 15) is 15.0 Å². The van der Waals surface area contributed by atoms with E-state index in [2.05, 4.69) is 11.0 Å². The van der Waals surface area contributed by atoms with Gasteiger partial charge in [0.05, 0.1) is 11.1 Å². The molecule has 6 nitrogen and oxygen atoms in total. The Hall–Kier alpha value is -4.07. The monoisotopic (exact) mass is 508 g/mol. The number of para-hydroxylation sites is 1. The number of hydrogen-bond acceptors (Lipinski definition) is 7. The van der Waals surface area contributed by atoms with Gasteiger partial charge >= 0.3 is 0 Å². The summed E-state index contributed by atoms with van der Waals surface area (Å²) in [6.07, 6.45) is 2.72. The number of fused-ring (bicyclic) bond motifs is 2. The molecule has 0 amide bonds. The highest BCUT2D eigenvalue weighted by Crippen LogP contribution is 2.40. The molecule has 3 aromatic carbocycles. The SMILES string of the molecule is CN1CC=C(c2c(O)cc(O)c3c(=O)cc(-c4ccc(Sc5ccc6ccccc6n5)cc4)oc23)CC1. The normalized spacial score (nSPS) is 14.2. The summed E-state index contributed by atoms with van der Waals surface area (Å²) >= 11 is 1.56. The van der Waals surface area contributed by atoms with Crippen molar-refractivity contribution in [2.24, 2.45) is 0 Å². The summed E-state index contributed by atoms with van der Waals surface area (Å²) in [5.74, 6) is -0.0203. The molecule has 6 rings (SSSR count). The van der Waals surface area contributed by atoms with E-state index in [1.54, 1.807) is 11.8 Å². The smallest absolute Gasteiger partial charge is 0.197 e. The van der Waals surface area contributed by atoms with Gasteiger partial charge in [0, 0.05) is 41.1 Å². The number of likely N-dealkylation sites (N-methyl/N-ethyl adjacent to an activating group) is 1. The van der Waals surface area contributed by atoms with Crippen molar-refractivity contribution >= 4 is 39.2 Å². The summed E-state index contributed by atoms with van der Waals surface area (Å²) in [6.45, 7) is 1.55. The molecule has 5 aromatic rings. The van der Waals surface area contributed by atoms with Crippen LogP contribution in [-0.2, 0) is 0 Å². The predicted molar refractivity (Wildman–Crippen MR) is 147 cm³/mol. The Morgan fingerprint density at radius 3 is 2.57 bits per heavy atom. The first kappa shape index (κ1) is 23.3. The quantitative estimate of drug-likeness (QED) is 0.295. The zero-order valence-electron chi connectivity index (χ0n) is 20.1. The van der Waals surface area contributed by atoms with Crippen LogP contribution >= 0.6 is 11.8 Å². The Balaban J connectivity index is 1.37. The summed E-state index contributed by atoms with van der Waals surface area (Å²) in [7, 11) is 2.03. The number of benzene rings is 3. The number of nitrogens with zero attached hydrogens (tertiary/aromatic N) is 2. The van der Waals surface area contributed by atoms with Gasteiger partial charge < -0.3 is 19.5 Å². The maximum Gasteiger partial charge on any atom is 0.197 e. The van der Waals surface area contributed by atoms with Crippen LogP contribution in [0.4, 0.5) is 0 Å². The number of pyridine rings is 1. The summed E-state index contributed by atoms with van der Waals surface area (Å²) in [6, 6.07) is 22.4. The van der Waals surface area contributed by atoms with Gasteiger partial charge in [0.15, 0.2) is 11.0 Å². The Morgan fingerprint density at radius 1 is 0.973 bits per heavy atom. The maximum absolute atomic E-state index is 13.1. The Labute approximate surface area is 217 Å². The molecular formula is C30H24N2O4S. The van der Waals surface area contributed by atoms with E-state index in [0.717, 1.165) is 45.1 Å². The minimum atomic E-state index is -0.359. The lowest BCUT2D eigenvalue weighted by molar-refractivity contribution is 0.369. The van der Waals surface area contributed by atoms with Crippen molar-refractivity contribution in [2.45, 2.75) is 16.3 Å². The number of phenols is 2. The second-order valence-corrected chi connectivity index (χ2v) is 10.3. The molecule has 3 heterocycles. The molecule has 0 fully saturated rings. The van der Waals surface area contributed by atoms with E-state index in [1.807, 2.05) is 67.7 Å². The van der Waals surface area contributed by atoms with Crippen molar-refractivity contribution < 1.29 is 14.6 Å². The number of rotatable bonds is 4. The van der Waals surface area contributed by atoms with Crippen LogP contribution in [0, 0.1) is 0 Å². The lowest BCUT2D eigenvalue weighted by Crippen LogP contribution is -2.23. The average Bonchev–Trinajstić information content (AvgIpc) is 2.89. The van der Waals surface area contributed by atoms with Gasteiger partial charge in [-0.2, -0.15) is 0 Å². The van der Waals surface area contributed by atoms with Crippen LogP contribution in [0.25, 0.3) is 38.8 Å². The topological polar surface area (TPSA) is 86.8 Å². The molecule has 0 spiro atoms. The van der Waals surface area contributed by atoms with Crippen LogP contribution < -0.4 is 5.43 Å². The van der Waals surface area contributed by atoms with Gasteiger partial charge in [-0.05, 0) is 43.3 Å². The lowest BCUT2D eigenvalue weighted by Gasteiger charge is -2.23. The van der Waals surface area contributed by atoms with Crippen molar-refractivity contribution in [1.29, 1.82) is 0 Å². The predicted octanol–water partition coefficient (Wildman–Crippen LogP) is 6.29. The highest BCUT2D eigenvalue weighted by molar-refractivity contribution is 7.99. The molecule has 0 saturated heterocycles. The minimum absolute atomic E-state index is 0.0749. The van der Waals surface area contributed by atoms with E-state index in [4.69, 9.17) is 9.40 Å². The Kier molecular flexibility index (Phi) is 5.94. The molecule has 184 valence electrons. The number of aromatic nitrogens is 1. The Morgan fingerprint density at radius 2 is 1.78 bits per heavy atom. The molecule has 0 unspecified atom stereocenters. The van der Waals surface area contributed by atoms with Crippen LogP contribution in [0.2, 0.25) is 0 Å². The molecule has 0 aliphatic carbocycles. The fourth-order valence-corrected chi connectivity index (χ4v) is 5.46. The van der Waals surface area contributed by atoms with Crippen molar-refractivity contribution in [3.05, 3.63) is 94.7 Å². The van der Waals surface area contributed by atoms with E-state index >= 15 is 0 Å². The third-order valence-corrected chi connectivity index (χ3v) is 7.57. The van der Waals surface area contributed by atoms with Crippen LogP contribution in [0.3, 0.4) is 0 Å². The summed E-state index contributed by atoms with van der Waals surface area (Å²) in [5, 5.41) is 23.2. The van der Waals surface area contributed by atoms with Crippen molar-refractivity contribution in [3.63, 3.8) is 0 Å². The van der Waals surface area contributed by atoms with Crippen LogP contribution in [0.15, 0.2) is 98.0 Å². The van der Waals surface area contributed by atoms with E-state index in [1.165, 1.54) is 12.1 Å². The molecule has 2 N–H and O–H groups in total. The zero-order valence-corrected chi connectivity index (χ0v) is 21.0. The first-order valence-electron chi connectivity index (χ1n) is 12.0. The number of hydrogen-bond donors (Lipinski definition) is 2. The largest absolute Gasteiger partial charge is 0.507 e. The molecule has 7 heteroatoms. The van der Waals surface area contributed by atoms with Crippen LogP contribution in [0.1, 0.15) is 12.0 Å². The molecule has 0 atom stereocenters. The van der Waals surface area contributed by atoms with Crippen molar-refractivity contribution in [2.75, 3.05) is 20.1 Å². The van der Waals surface area contributed by atoms with E-state index < -0.39 is 0 Å². The average molecular weight is 509 g/mol. The molecule has 1 aliphatic rings. The Bertz CT molecular complexity index is 1740. The van der Waals surface area contributed by atoms with Gasteiger partial charge in [-0.25, -0.2) is 4.98 Å². The first-order chi connectivity index (χ1) is 18.0. The van der Waals surface area contributed by atoms with Gasteiger partial charge in [-0.1, -0.05) is 54.2 Å². The van der Waals surface area contributed by atoms with Gasteiger partial charge in [0.25, 0.3) is 0 Å². The van der Waals surface area contributed by atoms with Gasteiger partial charge in [-0.3, -0.25) is 4.79 Å². The van der Waals surface area contributed by atoms with Crippen LogP contribution in [0.5, 0.6) is 11.5 Å². The number of phenolic OH excluding ortho intramolecular Hbond substituents is 2. The fraction of sp³-hybridized carbons (Fsp3) is 0.133. The molecular weight excluding hydrogens is 484 g/mol. The second kappa shape index (κ2) is 9.42. The molecule has 2 aromatic heterocycles. The molecule has 37 heavy (non-hydrogen) atoms. The molecule has 1 aliphatic heterocycles. The first-order valence-corrected chi connectivity index (χ1v) is 12.8. The zero-order chi connectivity index (χ0) is 25.5. The number of aromatic hydroxyl groups is 2. The molecule has 0 saturated carbocycles. The fourth-order valence-electron chi connectivity index (χ4n) is 4.66. The molecule has 0 radical (unpaired) electrons. The van der Waals surface area contributed by atoms with E-state index in [0.29, 0.717) is 17.7 Å². The molecule has 0 bridgehead atoms. The standard InChI is InChI=1S/C30H24N2O4S/c1-32-14-12-20(13-15-32)28-23(33)16-24(34)29-25(35)17-26(36-30(28)29)19-6-9-21(10-7-19)37-27-11-8-18-4-2-3-5-22(18)31-27/h2-12,16-17,33-34H,13-15H2,1H3. The third-order valence-electron chi connectivity index (χ3n) is 6.63. The van der Waals surface area contributed by atoms with Gasteiger partial charge in [-0.15, -0.1) is 0 Å². The maximum atomic E-state index is 13.1. The third kappa shape index (κ3) is 4.48. The summed E-state index contributed by atoms with van der Waals surface area (Å²) in [4.78, 5) is 21.0. The second-order valence-electron chi connectivity index (χ2n) is 9.18. The highest BCUT2D eigenvalue weighted by Gasteiger charge is 2.22. The summed E-state index contributed by atoms with van der Waals surface area (Å²) in [5.41, 5.74) is 2.88. The minimum Gasteiger partial charge on any atom is -0.507 e.